The predicted octanol–water partition coefficient (Wildman–Crippen LogP) is 1.16. The highest BCUT2D eigenvalue weighted by Crippen LogP contribution is 2.29. The van der Waals surface area contributed by atoms with E-state index in [1.807, 2.05) is 0 Å². The van der Waals surface area contributed by atoms with E-state index in [1.165, 1.54) is 11.8 Å². The summed E-state index contributed by atoms with van der Waals surface area (Å²) in [7, 11) is 0. The van der Waals surface area contributed by atoms with Crippen molar-refractivity contribution in [3.05, 3.63) is 23.8 Å². The summed E-state index contributed by atoms with van der Waals surface area (Å²) in [5.41, 5.74) is 1.01. The molecule has 136 valence electrons. The Labute approximate surface area is 153 Å². The fourth-order valence-electron chi connectivity index (χ4n) is 2.87. The second-order valence-electron chi connectivity index (χ2n) is 6.04. The van der Waals surface area contributed by atoms with Crippen LogP contribution >= 0.6 is 11.8 Å². The molecule has 3 heterocycles. The summed E-state index contributed by atoms with van der Waals surface area (Å²) in [5.74, 6) is 0.447. The van der Waals surface area contributed by atoms with Crippen LogP contribution in [0.3, 0.4) is 0 Å². The number of rotatable bonds is 6. The molecule has 2 aromatic rings. The average Bonchev–Trinajstić information content (AvgIpc) is 3.31. The number of amides is 1. The topological polar surface area (TPSA) is 108 Å². The van der Waals surface area contributed by atoms with Gasteiger partial charge in [-0.2, -0.15) is 0 Å². The number of benzene rings is 1. The lowest BCUT2D eigenvalue weighted by atomic mass is 10.1. The van der Waals surface area contributed by atoms with E-state index in [1.54, 1.807) is 22.9 Å². The first-order chi connectivity index (χ1) is 12.7. The molecule has 26 heavy (non-hydrogen) atoms. The van der Waals surface area contributed by atoms with Crippen LogP contribution in [0.15, 0.2) is 23.4 Å². The molecule has 2 aliphatic rings. The Morgan fingerprint density at radius 2 is 2.35 bits per heavy atom. The highest BCUT2D eigenvalue weighted by atomic mass is 32.2. The minimum absolute atomic E-state index is 0.0104. The summed E-state index contributed by atoms with van der Waals surface area (Å²) >= 11 is 1.28. The van der Waals surface area contributed by atoms with Gasteiger partial charge in [-0.15, -0.1) is 5.10 Å². The number of aromatic nitrogens is 4. The zero-order valence-electron chi connectivity index (χ0n) is 13.9. The summed E-state index contributed by atoms with van der Waals surface area (Å²) in [6.07, 6.45) is 2.16. The number of ether oxygens (including phenoxy) is 2. The summed E-state index contributed by atoms with van der Waals surface area (Å²) in [6, 6.07) is 5.01. The van der Waals surface area contributed by atoms with Gasteiger partial charge in [0.05, 0.1) is 24.1 Å². The quantitative estimate of drug-likeness (QED) is 0.592. The first-order valence-corrected chi connectivity index (χ1v) is 9.28. The number of thioether (sulfide) groups is 1. The van der Waals surface area contributed by atoms with Crippen LogP contribution < -0.4 is 10.1 Å². The van der Waals surface area contributed by atoms with Crippen LogP contribution in [0.25, 0.3) is 0 Å². The van der Waals surface area contributed by atoms with E-state index in [4.69, 9.17) is 9.47 Å². The molecule has 0 saturated carbocycles. The van der Waals surface area contributed by atoms with Gasteiger partial charge >= 0.3 is 0 Å². The van der Waals surface area contributed by atoms with Crippen molar-refractivity contribution in [3.63, 3.8) is 0 Å². The predicted molar refractivity (Wildman–Crippen MR) is 92.4 cm³/mol. The Morgan fingerprint density at radius 3 is 3.19 bits per heavy atom. The monoisotopic (exact) mass is 375 g/mol. The van der Waals surface area contributed by atoms with E-state index in [0.29, 0.717) is 28.7 Å². The highest BCUT2D eigenvalue weighted by Gasteiger charge is 2.21. The third kappa shape index (κ3) is 3.70. The Morgan fingerprint density at radius 1 is 1.42 bits per heavy atom. The van der Waals surface area contributed by atoms with Crippen molar-refractivity contribution in [1.82, 2.24) is 20.2 Å². The van der Waals surface area contributed by atoms with Gasteiger partial charge in [-0.3, -0.25) is 9.59 Å². The molecule has 0 radical (unpaired) electrons. The van der Waals surface area contributed by atoms with Crippen molar-refractivity contribution < 1.29 is 19.1 Å². The van der Waals surface area contributed by atoms with Crippen molar-refractivity contribution in [1.29, 1.82) is 0 Å². The van der Waals surface area contributed by atoms with Crippen molar-refractivity contribution >= 4 is 29.1 Å². The van der Waals surface area contributed by atoms with Gasteiger partial charge in [-0.1, -0.05) is 11.8 Å². The third-order valence-corrected chi connectivity index (χ3v) is 5.12. The first-order valence-electron chi connectivity index (χ1n) is 8.29. The number of tetrazole rings is 1. The number of hydrogen-bond donors (Lipinski definition) is 1. The van der Waals surface area contributed by atoms with Crippen LogP contribution in [0.2, 0.25) is 0 Å². The van der Waals surface area contributed by atoms with E-state index >= 15 is 0 Å². The Balaban J connectivity index is 1.39. The molecule has 1 amide bonds. The Kier molecular flexibility index (Phi) is 4.85. The summed E-state index contributed by atoms with van der Waals surface area (Å²) in [5, 5.41) is 14.9. The van der Waals surface area contributed by atoms with Gasteiger partial charge < -0.3 is 14.8 Å². The second kappa shape index (κ2) is 7.42. The van der Waals surface area contributed by atoms with Crippen LogP contribution in [0, 0.1) is 0 Å². The molecule has 10 heteroatoms. The maximum atomic E-state index is 12.5. The standard InChI is InChI=1S/C16H17N5O4S/c22-13(10-3-4-14-12(6-10)17-15(23)8-25-14)9-26-16-18-19-20-21(16)7-11-2-1-5-24-11/h3-4,6,11H,1-2,5,7-9H2,(H,17,23)/t11-/m0/s1. The SMILES string of the molecule is O=C1COc2ccc(C(=O)CSc3nnnn3C[C@@H]3CCCO3)cc2N1. The fourth-order valence-corrected chi connectivity index (χ4v) is 3.65. The summed E-state index contributed by atoms with van der Waals surface area (Å²) < 4.78 is 12.6. The largest absolute Gasteiger partial charge is 0.482 e. The number of Topliss-reactive ketones (excluding diaryl/α,β-unsaturated/α-hetero) is 1. The molecule has 0 bridgehead atoms. The smallest absolute Gasteiger partial charge is 0.262 e. The van der Waals surface area contributed by atoms with Gasteiger partial charge in [-0.25, -0.2) is 4.68 Å². The number of nitrogens with one attached hydrogen (secondary N) is 1. The third-order valence-electron chi connectivity index (χ3n) is 4.17. The van der Waals surface area contributed by atoms with E-state index in [9.17, 15) is 9.59 Å². The van der Waals surface area contributed by atoms with Crippen molar-refractivity contribution in [3.8, 4) is 5.75 Å². The first kappa shape index (κ1) is 17.0. The molecule has 4 rings (SSSR count). The molecule has 1 aromatic heterocycles. The number of nitrogens with zero attached hydrogens (tertiary/aromatic N) is 4. The molecule has 1 saturated heterocycles. The number of ketones is 1. The van der Waals surface area contributed by atoms with Gasteiger partial charge in [0, 0.05) is 12.2 Å². The molecule has 1 atom stereocenters. The molecule has 0 spiro atoms. The maximum Gasteiger partial charge on any atom is 0.262 e. The summed E-state index contributed by atoms with van der Waals surface area (Å²) in [6.45, 7) is 1.35. The highest BCUT2D eigenvalue weighted by molar-refractivity contribution is 7.99. The number of carbonyl (C=O) groups is 2. The van der Waals surface area contributed by atoms with Crippen LogP contribution in [0.1, 0.15) is 23.2 Å². The van der Waals surface area contributed by atoms with E-state index in [-0.39, 0.29) is 30.2 Å². The molecule has 0 aliphatic carbocycles. The average molecular weight is 375 g/mol. The molecular weight excluding hydrogens is 358 g/mol. The maximum absolute atomic E-state index is 12.5. The minimum atomic E-state index is -0.232. The Hall–Kier alpha value is -2.46. The normalized spacial score (nSPS) is 18.9. The van der Waals surface area contributed by atoms with E-state index in [0.717, 1.165) is 19.4 Å². The Bertz CT molecular complexity index is 834. The van der Waals surface area contributed by atoms with Gasteiger partial charge in [0.2, 0.25) is 5.16 Å². The molecule has 2 aliphatic heterocycles. The number of carbonyl (C=O) groups excluding carboxylic acids is 2. The van der Waals surface area contributed by atoms with Crippen molar-refractivity contribution in [2.45, 2.75) is 30.6 Å². The van der Waals surface area contributed by atoms with Crippen molar-refractivity contribution in [2.24, 2.45) is 0 Å². The van der Waals surface area contributed by atoms with Crippen LogP contribution in [-0.4, -0.2) is 57.0 Å². The fraction of sp³-hybridized carbons (Fsp3) is 0.438. The van der Waals surface area contributed by atoms with E-state index in [2.05, 4.69) is 20.8 Å². The van der Waals surface area contributed by atoms with Crippen LogP contribution in [0.4, 0.5) is 5.69 Å². The summed E-state index contributed by atoms with van der Waals surface area (Å²) in [4.78, 5) is 23.9. The van der Waals surface area contributed by atoms with E-state index < -0.39 is 0 Å². The number of hydrogen-bond acceptors (Lipinski definition) is 8. The molecule has 9 nitrogen and oxygen atoms in total. The zero-order chi connectivity index (χ0) is 17.9. The van der Waals surface area contributed by atoms with Crippen molar-refractivity contribution in [2.75, 3.05) is 24.3 Å². The number of anilines is 1. The molecule has 0 unspecified atom stereocenters. The van der Waals surface area contributed by atoms with Gasteiger partial charge in [0.15, 0.2) is 12.4 Å². The zero-order valence-corrected chi connectivity index (χ0v) is 14.7. The van der Waals surface area contributed by atoms with Gasteiger partial charge in [0.25, 0.3) is 5.91 Å². The molecular formula is C16H17N5O4S. The van der Waals surface area contributed by atoms with Gasteiger partial charge in [-0.05, 0) is 41.5 Å². The lowest BCUT2D eigenvalue weighted by molar-refractivity contribution is -0.118. The van der Waals surface area contributed by atoms with Gasteiger partial charge in [0.1, 0.15) is 5.75 Å². The second-order valence-corrected chi connectivity index (χ2v) is 6.98. The lowest BCUT2D eigenvalue weighted by Gasteiger charge is -2.18. The molecule has 1 fully saturated rings. The number of fused-ring (bicyclic) bond motifs is 1. The van der Waals surface area contributed by atoms with Crippen LogP contribution in [0.5, 0.6) is 5.75 Å². The lowest BCUT2D eigenvalue weighted by Crippen LogP contribution is -2.25. The minimum Gasteiger partial charge on any atom is -0.482 e. The molecule has 1 N–H and O–H groups in total. The molecule has 1 aromatic carbocycles. The van der Waals surface area contributed by atoms with Crippen LogP contribution in [-0.2, 0) is 16.1 Å².